The van der Waals surface area contributed by atoms with Crippen molar-refractivity contribution in [2.45, 2.75) is 29.0 Å². The first kappa shape index (κ1) is 22.8. The summed E-state index contributed by atoms with van der Waals surface area (Å²) in [5.41, 5.74) is 1.74. The van der Waals surface area contributed by atoms with Gasteiger partial charge in [0.05, 0.1) is 23.8 Å². The molecule has 0 fully saturated rings. The second-order valence-electron chi connectivity index (χ2n) is 7.02. The zero-order chi connectivity index (χ0) is 22.5. The normalized spacial score (nSPS) is 16.8. The highest BCUT2D eigenvalue weighted by molar-refractivity contribution is 8.02. The molecule has 1 aromatic carbocycles. The second kappa shape index (κ2) is 10.5. The van der Waals surface area contributed by atoms with Crippen LogP contribution >= 0.6 is 34.7 Å². The van der Waals surface area contributed by atoms with Crippen molar-refractivity contribution in [3.8, 4) is 0 Å². The number of hydrogen-bond donors (Lipinski definition) is 1. The molecule has 2 aromatic heterocycles. The topological polar surface area (TPSA) is 92.8 Å². The third-order valence-electron chi connectivity index (χ3n) is 4.80. The number of methoxy groups -OCH3 is 1. The van der Waals surface area contributed by atoms with Gasteiger partial charge in [0.2, 0.25) is 5.13 Å². The molecule has 1 amide bonds. The monoisotopic (exact) mass is 491 g/mol. The van der Waals surface area contributed by atoms with Crippen LogP contribution in [0, 0.1) is 0 Å². The molecule has 0 aliphatic carbocycles. The van der Waals surface area contributed by atoms with Gasteiger partial charge in [0.15, 0.2) is 4.34 Å². The zero-order valence-corrected chi connectivity index (χ0v) is 19.9. The first-order valence-corrected chi connectivity index (χ1v) is 12.1. The molecule has 2 atom stereocenters. The lowest BCUT2D eigenvalue weighted by Gasteiger charge is -2.22. The van der Waals surface area contributed by atoms with Crippen LogP contribution in [0.15, 0.2) is 56.5 Å². The number of halogens is 1. The van der Waals surface area contributed by atoms with Crippen LogP contribution in [0.1, 0.15) is 30.7 Å². The van der Waals surface area contributed by atoms with Gasteiger partial charge in [-0.1, -0.05) is 46.8 Å². The Hall–Kier alpha value is -2.40. The molecule has 1 aliphatic heterocycles. The highest BCUT2D eigenvalue weighted by Crippen LogP contribution is 2.36. The number of rotatable bonds is 9. The quantitative estimate of drug-likeness (QED) is 0.342. The molecule has 168 valence electrons. The van der Waals surface area contributed by atoms with Crippen molar-refractivity contribution in [1.29, 1.82) is 0 Å². The smallest absolute Gasteiger partial charge is 0.256 e. The number of anilines is 1. The van der Waals surface area contributed by atoms with Crippen molar-refractivity contribution in [2.24, 2.45) is 5.10 Å². The van der Waals surface area contributed by atoms with Crippen molar-refractivity contribution in [1.82, 2.24) is 15.2 Å². The fourth-order valence-corrected chi connectivity index (χ4v) is 5.30. The number of hydrogen-bond acceptors (Lipinski definition) is 9. The number of nitrogens with one attached hydrogen (secondary N) is 1. The van der Waals surface area contributed by atoms with E-state index in [2.05, 4.69) is 20.6 Å². The first-order chi connectivity index (χ1) is 15.5. The molecular formula is C21H22ClN5O3S2. The summed E-state index contributed by atoms with van der Waals surface area (Å²) in [5.74, 6) is 0.577. The SMILES string of the molecule is COCCNc1nnc(S[C@H](C)C(=O)N2N=C(c3ccc(Cl)cc3)C[C@@H]2c2ccco2)s1. The highest BCUT2D eigenvalue weighted by atomic mass is 35.5. The van der Waals surface area contributed by atoms with E-state index in [1.807, 2.05) is 43.3 Å². The van der Waals surface area contributed by atoms with E-state index in [1.54, 1.807) is 13.4 Å². The van der Waals surface area contributed by atoms with Crippen LogP contribution < -0.4 is 5.32 Å². The van der Waals surface area contributed by atoms with Gasteiger partial charge in [-0.25, -0.2) is 5.01 Å². The Labute approximate surface area is 199 Å². The average molecular weight is 492 g/mol. The number of hydrazone groups is 1. The van der Waals surface area contributed by atoms with E-state index < -0.39 is 5.25 Å². The standard InChI is InChI=1S/C21H22ClN5O3S2/c1-13(31-21-25-24-20(32-21)23-9-11-29-2)19(28)27-17(18-4-3-10-30-18)12-16(26-27)14-5-7-15(22)8-6-14/h3-8,10,13,17H,9,11-12H2,1-2H3,(H,23,24)/t13-,17-/m1/s1. The number of aromatic nitrogens is 2. The fraction of sp³-hybridized carbons (Fsp3) is 0.333. The Kier molecular flexibility index (Phi) is 7.46. The Morgan fingerprint density at radius 3 is 2.91 bits per heavy atom. The molecule has 0 spiro atoms. The average Bonchev–Trinajstić information content (AvgIpc) is 3.55. The van der Waals surface area contributed by atoms with E-state index in [-0.39, 0.29) is 11.9 Å². The fourth-order valence-electron chi connectivity index (χ4n) is 3.21. The third-order valence-corrected chi connectivity index (χ3v) is 7.10. The van der Waals surface area contributed by atoms with Crippen molar-refractivity contribution >= 4 is 51.5 Å². The van der Waals surface area contributed by atoms with Crippen LogP contribution in [0.5, 0.6) is 0 Å². The van der Waals surface area contributed by atoms with Crippen LogP contribution in [-0.4, -0.2) is 52.3 Å². The highest BCUT2D eigenvalue weighted by Gasteiger charge is 2.37. The van der Waals surface area contributed by atoms with Gasteiger partial charge in [-0.15, -0.1) is 10.2 Å². The molecule has 0 bridgehead atoms. The van der Waals surface area contributed by atoms with Crippen LogP contribution in [0.25, 0.3) is 0 Å². The Balaban J connectivity index is 1.49. The molecule has 32 heavy (non-hydrogen) atoms. The lowest BCUT2D eigenvalue weighted by molar-refractivity contribution is -0.132. The lowest BCUT2D eigenvalue weighted by Crippen LogP contribution is -2.33. The summed E-state index contributed by atoms with van der Waals surface area (Å²) in [6, 6.07) is 10.8. The van der Waals surface area contributed by atoms with Crippen LogP contribution in [0.4, 0.5) is 5.13 Å². The Morgan fingerprint density at radius 2 is 2.19 bits per heavy atom. The molecule has 0 unspecified atom stereocenters. The van der Waals surface area contributed by atoms with E-state index in [1.165, 1.54) is 28.1 Å². The maximum absolute atomic E-state index is 13.4. The molecule has 4 rings (SSSR count). The maximum Gasteiger partial charge on any atom is 0.256 e. The van der Waals surface area contributed by atoms with Crippen LogP contribution in [-0.2, 0) is 9.53 Å². The van der Waals surface area contributed by atoms with Crippen LogP contribution in [0.3, 0.4) is 0 Å². The van der Waals surface area contributed by atoms with E-state index in [0.29, 0.717) is 39.8 Å². The predicted octanol–water partition coefficient (Wildman–Crippen LogP) is 4.70. The first-order valence-electron chi connectivity index (χ1n) is 9.98. The van der Waals surface area contributed by atoms with Gasteiger partial charge in [0.1, 0.15) is 11.8 Å². The van der Waals surface area contributed by atoms with Crippen LogP contribution in [0.2, 0.25) is 5.02 Å². The number of furan rings is 1. The van der Waals surface area contributed by atoms with E-state index in [9.17, 15) is 4.79 Å². The minimum atomic E-state index is -0.402. The van der Waals surface area contributed by atoms with Gasteiger partial charge in [-0.05, 0) is 36.8 Å². The Bertz CT molecular complexity index is 1070. The van der Waals surface area contributed by atoms with Gasteiger partial charge in [-0.2, -0.15) is 5.10 Å². The summed E-state index contributed by atoms with van der Waals surface area (Å²) in [6.45, 7) is 3.07. The zero-order valence-electron chi connectivity index (χ0n) is 17.5. The van der Waals surface area contributed by atoms with E-state index in [4.69, 9.17) is 20.8 Å². The number of nitrogens with zero attached hydrogens (tertiary/aromatic N) is 4. The molecule has 0 radical (unpaired) electrons. The number of amides is 1. The number of thioether (sulfide) groups is 1. The predicted molar refractivity (Wildman–Crippen MR) is 126 cm³/mol. The van der Waals surface area contributed by atoms with E-state index >= 15 is 0 Å². The lowest BCUT2D eigenvalue weighted by atomic mass is 10.0. The van der Waals surface area contributed by atoms with Gasteiger partial charge in [-0.3, -0.25) is 4.79 Å². The second-order valence-corrected chi connectivity index (χ2v) is 10.0. The minimum Gasteiger partial charge on any atom is -0.467 e. The molecule has 3 aromatic rings. The number of carbonyl (C=O) groups excluding carboxylic acids is 1. The van der Waals surface area contributed by atoms with Gasteiger partial charge in [0, 0.05) is 25.1 Å². The van der Waals surface area contributed by atoms with Crippen molar-refractivity contribution in [3.05, 3.63) is 59.0 Å². The molecule has 11 heteroatoms. The summed E-state index contributed by atoms with van der Waals surface area (Å²) in [5, 5.41) is 18.6. The molecule has 0 saturated heterocycles. The summed E-state index contributed by atoms with van der Waals surface area (Å²) in [7, 11) is 1.64. The molecule has 1 aliphatic rings. The largest absolute Gasteiger partial charge is 0.467 e. The third kappa shape index (κ3) is 5.32. The minimum absolute atomic E-state index is 0.121. The van der Waals surface area contributed by atoms with Gasteiger partial charge >= 0.3 is 0 Å². The maximum atomic E-state index is 13.4. The molecule has 8 nitrogen and oxygen atoms in total. The summed E-state index contributed by atoms with van der Waals surface area (Å²) in [4.78, 5) is 13.4. The number of carbonyl (C=O) groups is 1. The molecule has 0 saturated carbocycles. The summed E-state index contributed by atoms with van der Waals surface area (Å²) < 4.78 is 11.3. The molecule has 1 N–H and O–H groups in total. The molecular weight excluding hydrogens is 470 g/mol. The number of ether oxygens (including phenoxy) is 1. The van der Waals surface area contributed by atoms with E-state index in [0.717, 1.165) is 11.3 Å². The van der Waals surface area contributed by atoms with Crippen molar-refractivity contribution in [2.75, 3.05) is 25.6 Å². The molecule has 3 heterocycles. The van der Waals surface area contributed by atoms with Crippen molar-refractivity contribution < 1.29 is 13.9 Å². The van der Waals surface area contributed by atoms with Gasteiger partial charge in [0.25, 0.3) is 5.91 Å². The Morgan fingerprint density at radius 1 is 1.38 bits per heavy atom. The van der Waals surface area contributed by atoms with Gasteiger partial charge < -0.3 is 14.5 Å². The van der Waals surface area contributed by atoms with Crippen molar-refractivity contribution in [3.63, 3.8) is 0 Å². The summed E-state index contributed by atoms with van der Waals surface area (Å²) in [6.07, 6.45) is 2.17. The number of benzene rings is 1. The summed E-state index contributed by atoms with van der Waals surface area (Å²) >= 11 is 8.79.